The molecule has 3 aromatic rings. The number of nitrogens with one attached hydrogen (secondary N) is 2. The molecule has 0 unspecified atom stereocenters. The highest BCUT2D eigenvalue weighted by molar-refractivity contribution is 8.00. The summed E-state index contributed by atoms with van der Waals surface area (Å²) in [6, 6.07) is 13.9. The maximum absolute atomic E-state index is 12.7. The van der Waals surface area contributed by atoms with Gasteiger partial charge in [0.15, 0.2) is 11.5 Å². The summed E-state index contributed by atoms with van der Waals surface area (Å²) in [5, 5.41) is 5.72. The van der Waals surface area contributed by atoms with Crippen molar-refractivity contribution in [3.63, 3.8) is 0 Å². The molecule has 33 heavy (non-hydrogen) atoms. The molecule has 0 spiro atoms. The molecule has 0 bridgehead atoms. The van der Waals surface area contributed by atoms with E-state index in [-0.39, 0.29) is 35.5 Å². The number of ether oxygens (including phenoxy) is 3. The molecular weight excluding hydrogens is 456 g/mol. The quantitative estimate of drug-likeness (QED) is 0.468. The highest BCUT2D eigenvalue weighted by Crippen LogP contribution is 2.34. The number of aromatic nitrogens is 1. The number of hydrogen-bond acceptors (Lipinski definition) is 7. The minimum Gasteiger partial charge on any atom is -0.454 e. The Morgan fingerprint density at radius 2 is 1.85 bits per heavy atom. The first-order valence-electron chi connectivity index (χ1n) is 9.61. The maximum atomic E-state index is 12.7. The third-order valence-corrected chi connectivity index (χ3v) is 5.33. The SMILES string of the molecule is O=C(CSc1ncccc1C(=O)Nc1cccc(OC(F)F)c1)Nc1ccc2c(c1)OCO2. The largest absolute Gasteiger partial charge is 0.454 e. The lowest BCUT2D eigenvalue weighted by atomic mass is 10.2. The van der Waals surface area contributed by atoms with Gasteiger partial charge in [0, 0.05) is 29.7 Å². The first-order chi connectivity index (χ1) is 16.0. The van der Waals surface area contributed by atoms with E-state index < -0.39 is 12.5 Å². The van der Waals surface area contributed by atoms with Crippen molar-refractivity contribution in [1.29, 1.82) is 0 Å². The summed E-state index contributed by atoms with van der Waals surface area (Å²) in [6.45, 7) is -2.84. The van der Waals surface area contributed by atoms with Gasteiger partial charge in [-0.05, 0) is 36.4 Å². The fraction of sp³-hybridized carbons (Fsp3) is 0.136. The van der Waals surface area contributed by atoms with Crippen LogP contribution in [0, 0.1) is 0 Å². The van der Waals surface area contributed by atoms with E-state index in [9.17, 15) is 18.4 Å². The smallest absolute Gasteiger partial charge is 0.387 e. The van der Waals surface area contributed by atoms with Crippen LogP contribution in [0.1, 0.15) is 10.4 Å². The van der Waals surface area contributed by atoms with Crippen LogP contribution in [-0.4, -0.2) is 36.0 Å². The minimum absolute atomic E-state index is 0.00342. The molecule has 0 saturated carbocycles. The van der Waals surface area contributed by atoms with Crippen LogP contribution in [-0.2, 0) is 4.79 Å². The summed E-state index contributed by atoms with van der Waals surface area (Å²) < 4.78 is 39.7. The fourth-order valence-electron chi connectivity index (χ4n) is 2.93. The highest BCUT2D eigenvalue weighted by Gasteiger charge is 2.17. The van der Waals surface area contributed by atoms with Crippen LogP contribution in [0.25, 0.3) is 0 Å². The molecule has 0 atom stereocenters. The highest BCUT2D eigenvalue weighted by atomic mass is 32.2. The van der Waals surface area contributed by atoms with Gasteiger partial charge >= 0.3 is 6.61 Å². The fourth-order valence-corrected chi connectivity index (χ4v) is 3.72. The molecule has 11 heteroatoms. The van der Waals surface area contributed by atoms with E-state index in [1.165, 1.54) is 30.5 Å². The van der Waals surface area contributed by atoms with E-state index in [1.54, 1.807) is 30.3 Å². The molecule has 0 radical (unpaired) electrons. The van der Waals surface area contributed by atoms with Gasteiger partial charge in [0.1, 0.15) is 10.8 Å². The van der Waals surface area contributed by atoms with E-state index in [0.717, 1.165) is 11.8 Å². The summed E-state index contributed by atoms with van der Waals surface area (Å²) in [5.74, 6) is 0.279. The molecule has 2 amide bonds. The molecule has 8 nitrogen and oxygen atoms in total. The van der Waals surface area contributed by atoms with Crippen molar-refractivity contribution in [2.75, 3.05) is 23.2 Å². The average Bonchev–Trinajstić information content (AvgIpc) is 3.25. The van der Waals surface area contributed by atoms with Crippen molar-refractivity contribution in [3.05, 3.63) is 66.4 Å². The van der Waals surface area contributed by atoms with Gasteiger partial charge in [-0.25, -0.2) is 4.98 Å². The number of thioether (sulfide) groups is 1. The number of anilines is 2. The van der Waals surface area contributed by atoms with Crippen molar-refractivity contribution in [2.45, 2.75) is 11.6 Å². The van der Waals surface area contributed by atoms with Crippen molar-refractivity contribution in [1.82, 2.24) is 4.98 Å². The Bertz CT molecular complexity index is 1180. The molecule has 0 fully saturated rings. The van der Waals surface area contributed by atoms with Crippen molar-refractivity contribution < 1.29 is 32.6 Å². The Labute approximate surface area is 191 Å². The van der Waals surface area contributed by atoms with Gasteiger partial charge in [0.25, 0.3) is 5.91 Å². The molecular formula is C22H17F2N3O5S. The van der Waals surface area contributed by atoms with Gasteiger partial charge in [0.05, 0.1) is 11.3 Å². The van der Waals surface area contributed by atoms with Crippen LogP contribution in [0.2, 0.25) is 0 Å². The number of alkyl halides is 2. The Hall–Kier alpha value is -3.86. The molecule has 2 aromatic carbocycles. The summed E-state index contributed by atoms with van der Waals surface area (Å²) >= 11 is 1.09. The first-order valence-corrected chi connectivity index (χ1v) is 10.6. The lowest BCUT2D eigenvalue weighted by molar-refractivity contribution is -0.113. The zero-order chi connectivity index (χ0) is 23.2. The number of pyridine rings is 1. The van der Waals surface area contributed by atoms with Gasteiger partial charge in [-0.2, -0.15) is 8.78 Å². The third kappa shape index (κ3) is 5.89. The van der Waals surface area contributed by atoms with E-state index in [1.807, 2.05) is 0 Å². The van der Waals surface area contributed by atoms with E-state index in [0.29, 0.717) is 22.2 Å². The number of hydrogen-bond donors (Lipinski definition) is 2. The number of benzene rings is 2. The van der Waals surface area contributed by atoms with Gasteiger partial charge in [0.2, 0.25) is 12.7 Å². The number of amides is 2. The second kappa shape index (κ2) is 10.2. The maximum Gasteiger partial charge on any atom is 0.387 e. The van der Waals surface area contributed by atoms with E-state index in [4.69, 9.17) is 9.47 Å². The second-order valence-corrected chi connectivity index (χ2v) is 7.59. The standard InChI is InChI=1S/C22H17F2N3O5S/c23-22(24)32-15-4-1-3-13(9-15)27-20(29)16-5-2-8-25-21(16)33-11-19(28)26-14-6-7-17-18(10-14)31-12-30-17/h1-10,22H,11-12H2,(H,26,28)(H,27,29). The van der Waals surface area contributed by atoms with Crippen LogP contribution in [0.15, 0.2) is 65.8 Å². The number of nitrogens with zero attached hydrogens (tertiary/aromatic N) is 1. The number of fused-ring (bicyclic) bond motifs is 1. The topological polar surface area (TPSA) is 98.8 Å². The number of halogens is 2. The van der Waals surface area contributed by atoms with Crippen LogP contribution in [0.5, 0.6) is 17.2 Å². The van der Waals surface area contributed by atoms with Gasteiger partial charge in [-0.3, -0.25) is 9.59 Å². The third-order valence-electron chi connectivity index (χ3n) is 4.33. The Kier molecular flexibility index (Phi) is 6.89. The van der Waals surface area contributed by atoms with E-state index in [2.05, 4.69) is 20.4 Å². The molecule has 2 heterocycles. The molecule has 1 aliphatic heterocycles. The molecule has 2 N–H and O–H groups in total. The summed E-state index contributed by atoms with van der Waals surface area (Å²) in [6.07, 6.45) is 1.51. The van der Waals surface area contributed by atoms with Crippen LogP contribution in [0.3, 0.4) is 0 Å². The average molecular weight is 473 g/mol. The predicted molar refractivity (Wildman–Crippen MR) is 117 cm³/mol. The lowest BCUT2D eigenvalue weighted by Crippen LogP contribution is -2.16. The Morgan fingerprint density at radius 3 is 2.70 bits per heavy atom. The Morgan fingerprint density at radius 1 is 1.03 bits per heavy atom. The molecule has 170 valence electrons. The van der Waals surface area contributed by atoms with Crippen LogP contribution < -0.4 is 24.8 Å². The first kappa shape index (κ1) is 22.3. The normalized spacial score (nSPS) is 11.8. The summed E-state index contributed by atoms with van der Waals surface area (Å²) in [5.41, 5.74) is 1.06. The Balaban J connectivity index is 1.38. The van der Waals surface area contributed by atoms with E-state index >= 15 is 0 Å². The van der Waals surface area contributed by atoms with Crippen LogP contribution >= 0.6 is 11.8 Å². The molecule has 4 rings (SSSR count). The molecule has 1 aliphatic rings. The minimum atomic E-state index is -2.97. The predicted octanol–water partition coefficient (Wildman–Crippen LogP) is 4.39. The molecule has 0 saturated heterocycles. The van der Waals surface area contributed by atoms with Crippen molar-refractivity contribution >= 4 is 35.0 Å². The van der Waals surface area contributed by atoms with Gasteiger partial charge < -0.3 is 24.8 Å². The molecule has 1 aromatic heterocycles. The van der Waals surface area contributed by atoms with Crippen molar-refractivity contribution in [2.24, 2.45) is 0 Å². The monoisotopic (exact) mass is 473 g/mol. The summed E-state index contributed by atoms with van der Waals surface area (Å²) in [7, 11) is 0. The number of rotatable bonds is 8. The van der Waals surface area contributed by atoms with Gasteiger partial charge in [-0.1, -0.05) is 17.8 Å². The number of carbonyl (C=O) groups is 2. The summed E-state index contributed by atoms with van der Waals surface area (Å²) in [4.78, 5) is 29.3. The van der Waals surface area contributed by atoms with Crippen molar-refractivity contribution in [3.8, 4) is 17.2 Å². The number of carbonyl (C=O) groups excluding carboxylic acids is 2. The lowest BCUT2D eigenvalue weighted by Gasteiger charge is -2.11. The second-order valence-electron chi connectivity index (χ2n) is 6.62. The van der Waals surface area contributed by atoms with Gasteiger partial charge in [-0.15, -0.1) is 0 Å². The zero-order valence-corrected chi connectivity index (χ0v) is 17.7. The molecule has 0 aliphatic carbocycles. The van der Waals surface area contributed by atoms with Crippen LogP contribution in [0.4, 0.5) is 20.2 Å². The zero-order valence-electron chi connectivity index (χ0n) is 16.9.